The highest BCUT2D eigenvalue weighted by molar-refractivity contribution is 9.10. The number of nitrogens with zero attached hydrogens (tertiary/aromatic N) is 1. The Hall–Kier alpha value is -2.12. The van der Waals surface area contributed by atoms with Crippen molar-refractivity contribution in [1.82, 2.24) is 9.97 Å². The Bertz CT molecular complexity index is 913. The Labute approximate surface area is 143 Å². The Morgan fingerprint density at radius 3 is 2.78 bits per heavy atom. The summed E-state index contributed by atoms with van der Waals surface area (Å²) in [6, 6.07) is 8.36. The maximum Gasteiger partial charge on any atom is 0.374 e. The lowest BCUT2D eigenvalue weighted by Gasteiger charge is -2.09. The van der Waals surface area contributed by atoms with Crippen molar-refractivity contribution in [3.63, 3.8) is 0 Å². The zero-order chi connectivity index (χ0) is 16.6. The molecule has 0 spiro atoms. The van der Waals surface area contributed by atoms with Crippen LogP contribution in [0.1, 0.15) is 10.6 Å². The van der Waals surface area contributed by atoms with Crippen LogP contribution in [0.3, 0.4) is 0 Å². The monoisotopic (exact) mass is 397 g/mol. The summed E-state index contributed by atoms with van der Waals surface area (Å²) >= 11 is 9.42. The largest absolute Gasteiger partial charge is 0.463 e. The molecule has 0 saturated carbocycles. The maximum atomic E-state index is 14.6. The Morgan fingerprint density at radius 1 is 1.35 bits per heavy atom. The zero-order valence-electron chi connectivity index (χ0n) is 11.8. The molecule has 0 aliphatic rings. The number of hydrogen-bond acceptors (Lipinski definition) is 4. The zero-order valence-corrected chi connectivity index (χ0v) is 14.1. The smallest absolute Gasteiger partial charge is 0.374 e. The van der Waals surface area contributed by atoms with Gasteiger partial charge in [-0.05, 0) is 30.3 Å². The van der Waals surface area contributed by atoms with Crippen LogP contribution in [0.15, 0.2) is 34.8 Å². The summed E-state index contributed by atoms with van der Waals surface area (Å²) in [6.45, 7) is 0. The predicted octanol–water partition coefficient (Wildman–Crippen LogP) is 4.65. The summed E-state index contributed by atoms with van der Waals surface area (Å²) in [4.78, 5) is 18.1. The van der Waals surface area contributed by atoms with Gasteiger partial charge in [-0.2, -0.15) is 0 Å². The SMILES string of the molecule is COC(=O)c1nc2c(F)c(Nc3ccc(Br)cc3Cl)ccc2[nH]1. The number of esters is 1. The first-order valence-electron chi connectivity index (χ1n) is 6.48. The molecule has 3 rings (SSSR count). The fourth-order valence-corrected chi connectivity index (χ4v) is 2.79. The van der Waals surface area contributed by atoms with E-state index in [1.54, 1.807) is 24.3 Å². The van der Waals surface area contributed by atoms with E-state index in [9.17, 15) is 9.18 Å². The molecular formula is C15H10BrClFN3O2. The van der Waals surface area contributed by atoms with E-state index in [1.807, 2.05) is 0 Å². The van der Waals surface area contributed by atoms with Crippen molar-refractivity contribution in [2.24, 2.45) is 0 Å². The van der Waals surface area contributed by atoms with E-state index < -0.39 is 11.8 Å². The van der Waals surface area contributed by atoms with Crippen molar-refractivity contribution in [2.45, 2.75) is 0 Å². The average Bonchev–Trinajstić information content (AvgIpc) is 2.96. The minimum Gasteiger partial charge on any atom is -0.463 e. The number of hydrogen-bond donors (Lipinski definition) is 2. The fourth-order valence-electron chi connectivity index (χ4n) is 2.07. The maximum absolute atomic E-state index is 14.6. The number of carbonyl (C=O) groups excluding carboxylic acids is 1. The standard InChI is InChI=1S/C15H10BrClFN3O2/c1-23-15(22)14-20-11-5-4-10(12(18)13(11)21-14)19-9-3-2-7(16)6-8(9)17/h2-6,19H,1H3,(H,20,21). The molecule has 0 saturated heterocycles. The molecule has 1 aromatic heterocycles. The van der Waals surface area contributed by atoms with Crippen molar-refractivity contribution in [3.05, 3.63) is 51.5 Å². The second-order valence-electron chi connectivity index (χ2n) is 4.65. The molecule has 118 valence electrons. The van der Waals surface area contributed by atoms with Crippen LogP contribution < -0.4 is 5.32 Å². The number of aromatic amines is 1. The number of halogens is 3. The first-order valence-corrected chi connectivity index (χ1v) is 7.65. The number of imidazole rings is 1. The number of benzene rings is 2. The minimum absolute atomic E-state index is 0.0450. The number of carbonyl (C=O) groups is 1. The molecule has 0 aliphatic carbocycles. The first-order chi connectivity index (χ1) is 11.0. The lowest BCUT2D eigenvalue weighted by molar-refractivity contribution is 0.0588. The summed E-state index contributed by atoms with van der Waals surface area (Å²) in [6.07, 6.45) is 0. The Morgan fingerprint density at radius 2 is 2.09 bits per heavy atom. The van der Waals surface area contributed by atoms with Crippen LogP contribution in [0.2, 0.25) is 5.02 Å². The lowest BCUT2D eigenvalue weighted by atomic mass is 10.2. The number of fused-ring (bicyclic) bond motifs is 1. The van der Waals surface area contributed by atoms with Gasteiger partial charge in [-0.1, -0.05) is 27.5 Å². The Balaban J connectivity index is 2.01. The summed E-state index contributed by atoms with van der Waals surface area (Å²) in [7, 11) is 1.23. The van der Waals surface area contributed by atoms with Gasteiger partial charge in [-0.15, -0.1) is 0 Å². The molecule has 2 N–H and O–H groups in total. The van der Waals surface area contributed by atoms with Crippen LogP contribution in [0, 0.1) is 5.82 Å². The summed E-state index contributed by atoms with van der Waals surface area (Å²) < 4.78 is 20.0. The van der Waals surface area contributed by atoms with E-state index in [4.69, 9.17) is 11.6 Å². The normalized spacial score (nSPS) is 10.8. The summed E-state index contributed by atoms with van der Waals surface area (Å²) in [5, 5.41) is 3.36. The van der Waals surface area contributed by atoms with E-state index in [2.05, 4.69) is 36.0 Å². The third kappa shape index (κ3) is 3.02. The molecule has 0 amide bonds. The average molecular weight is 399 g/mol. The molecule has 0 bridgehead atoms. The van der Waals surface area contributed by atoms with Crippen molar-refractivity contribution < 1.29 is 13.9 Å². The molecule has 0 aliphatic heterocycles. The van der Waals surface area contributed by atoms with Crippen molar-refractivity contribution in [3.8, 4) is 0 Å². The van der Waals surface area contributed by atoms with E-state index >= 15 is 0 Å². The minimum atomic E-state index is -0.661. The van der Waals surface area contributed by atoms with E-state index in [1.165, 1.54) is 13.2 Å². The second kappa shape index (κ2) is 6.17. The molecule has 0 radical (unpaired) electrons. The molecule has 5 nitrogen and oxygen atoms in total. The lowest BCUT2D eigenvalue weighted by Crippen LogP contribution is -2.03. The molecular weight excluding hydrogens is 389 g/mol. The number of anilines is 2. The van der Waals surface area contributed by atoms with Crippen LogP contribution in [0.25, 0.3) is 11.0 Å². The van der Waals surface area contributed by atoms with Crippen molar-refractivity contribution >= 4 is 55.9 Å². The number of nitrogens with one attached hydrogen (secondary N) is 2. The van der Waals surface area contributed by atoms with Crippen molar-refractivity contribution in [2.75, 3.05) is 12.4 Å². The molecule has 0 unspecified atom stereocenters. The van der Waals surface area contributed by atoms with Crippen LogP contribution in [0.5, 0.6) is 0 Å². The topological polar surface area (TPSA) is 67.0 Å². The highest BCUT2D eigenvalue weighted by Crippen LogP contribution is 2.31. The molecule has 1 heterocycles. The van der Waals surface area contributed by atoms with Gasteiger partial charge < -0.3 is 15.0 Å². The van der Waals surface area contributed by atoms with Crippen LogP contribution in [0.4, 0.5) is 15.8 Å². The number of aromatic nitrogens is 2. The molecule has 0 fully saturated rings. The second-order valence-corrected chi connectivity index (χ2v) is 5.97. The van der Waals surface area contributed by atoms with Gasteiger partial charge in [0, 0.05) is 4.47 Å². The van der Waals surface area contributed by atoms with Gasteiger partial charge in [0.25, 0.3) is 0 Å². The van der Waals surface area contributed by atoms with Gasteiger partial charge in [-0.3, -0.25) is 0 Å². The van der Waals surface area contributed by atoms with Gasteiger partial charge in [0.05, 0.1) is 29.0 Å². The van der Waals surface area contributed by atoms with Crippen LogP contribution in [-0.4, -0.2) is 23.0 Å². The summed E-state index contributed by atoms with van der Waals surface area (Å²) in [5.74, 6) is -1.31. The first kappa shape index (κ1) is 15.8. The van der Waals surface area contributed by atoms with Gasteiger partial charge in [0.15, 0.2) is 5.82 Å². The quantitative estimate of drug-likeness (QED) is 0.630. The van der Waals surface area contributed by atoms with Crippen LogP contribution in [-0.2, 0) is 4.74 Å². The number of methoxy groups -OCH3 is 1. The molecule has 8 heteroatoms. The third-order valence-corrected chi connectivity index (χ3v) is 3.98. The number of H-pyrrole nitrogens is 1. The summed E-state index contributed by atoms with van der Waals surface area (Å²) in [5.41, 5.74) is 1.19. The predicted molar refractivity (Wildman–Crippen MR) is 89.8 cm³/mol. The van der Waals surface area contributed by atoms with Crippen molar-refractivity contribution in [1.29, 1.82) is 0 Å². The number of rotatable bonds is 3. The fraction of sp³-hybridized carbons (Fsp3) is 0.0667. The van der Waals surface area contributed by atoms with E-state index in [0.717, 1.165) is 4.47 Å². The van der Waals surface area contributed by atoms with E-state index in [-0.39, 0.29) is 17.0 Å². The molecule has 3 aromatic rings. The van der Waals surface area contributed by atoms with Crippen LogP contribution >= 0.6 is 27.5 Å². The molecule has 2 aromatic carbocycles. The third-order valence-electron chi connectivity index (χ3n) is 3.17. The van der Waals surface area contributed by atoms with Gasteiger partial charge in [-0.25, -0.2) is 14.2 Å². The van der Waals surface area contributed by atoms with Gasteiger partial charge >= 0.3 is 5.97 Å². The Kier molecular flexibility index (Phi) is 4.23. The molecule has 0 atom stereocenters. The number of ether oxygens (including phenoxy) is 1. The van der Waals surface area contributed by atoms with Gasteiger partial charge in [0.2, 0.25) is 5.82 Å². The molecule has 23 heavy (non-hydrogen) atoms. The highest BCUT2D eigenvalue weighted by atomic mass is 79.9. The van der Waals surface area contributed by atoms with Gasteiger partial charge in [0.1, 0.15) is 5.52 Å². The van der Waals surface area contributed by atoms with E-state index in [0.29, 0.717) is 16.2 Å². The highest BCUT2D eigenvalue weighted by Gasteiger charge is 2.17.